The number of hydrogen-bond donors (Lipinski definition) is 5. The highest BCUT2D eigenvalue weighted by Gasteiger charge is 2.16. The van der Waals surface area contributed by atoms with Gasteiger partial charge in [-0.3, -0.25) is 21.5 Å². The molecule has 0 heterocycles. The van der Waals surface area contributed by atoms with Crippen LogP contribution in [0.1, 0.15) is 18.0 Å². The Morgan fingerprint density at radius 3 is 2.60 bits per heavy atom. The second kappa shape index (κ2) is 5.30. The topological polar surface area (TPSA) is 113 Å². The summed E-state index contributed by atoms with van der Waals surface area (Å²) in [6, 6.07) is 6.19. The zero-order valence-corrected chi connectivity index (χ0v) is 8.10. The third kappa shape index (κ3) is 2.91. The van der Waals surface area contributed by atoms with Crippen molar-refractivity contribution in [2.24, 2.45) is 11.7 Å². The Morgan fingerprint density at radius 2 is 2.07 bits per heavy atom. The molecule has 6 nitrogen and oxygen atoms in total. The van der Waals surface area contributed by atoms with Gasteiger partial charge in [0.15, 0.2) is 0 Å². The third-order valence-corrected chi connectivity index (χ3v) is 2.06. The maximum absolute atomic E-state index is 11.1. The van der Waals surface area contributed by atoms with Crippen molar-refractivity contribution >= 4 is 5.91 Å². The van der Waals surface area contributed by atoms with Gasteiger partial charge in [-0.25, -0.2) is 5.84 Å². The largest absolute Gasteiger partial charge is 0.508 e. The van der Waals surface area contributed by atoms with Crippen molar-refractivity contribution in [2.75, 3.05) is 0 Å². The Kier molecular flexibility index (Phi) is 4.04. The lowest BCUT2D eigenvalue weighted by atomic mass is 10.0. The fourth-order valence-corrected chi connectivity index (χ4v) is 1.29. The van der Waals surface area contributed by atoms with E-state index in [1.165, 1.54) is 6.07 Å². The normalized spacial score (nSPS) is 12.1. The van der Waals surface area contributed by atoms with E-state index in [0.29, 0.717) is 5.56 Å². The van der Waals surface area contributed by atoms with Gasteiger partial charge in [0.2, 0.25) is 5.91 Å². The number of carbonyl (C=O) groups excluding carboxylic acids is 1. The number of hydrogen-bond acceptors (Lipinski definition) is 5. The molecule has 1 rings (SSSR count). The molecule has 0 spiro atoms. The Hall–Kier alpha value is -1.63. The fraction of sp³-hybridized carbons (Fsp3) is 0.222. The Labute approximate surface area is 87.2 Å². The smallest absolute Gasteiger partial charge is 0.235 e. The van der Waals surface area contributed by atoms with Gasteiger partial charge in [-0.05, 0) is 6.07 Å². The van der Waals surface area contributed by atoms with Crippen LogP contribution in [0, 0.1) is 0 Å². The summed E-state index contributed by atoms with van der Waals surface area (Å²) in [5.41, 5.74) is 5.01. The molecular weight excluding hydrogens is 196 g/mol. The van der Waals surface area contributed by atoms with E-state index in [2.05, 4.69) is 5.43 Å². The zero-order chi connectivity index (χ0) is 11.3. The van der Waals surface area contributed by atoms with Gasteiger partial charge in [0.25, 0.3) is 0 Å². The molecule has 0 fully saturated rings. The number of nitrogens with one attached hydrogen (secondary N) is 2. The molecule has 0 saturated heterocycles. The lowest BCUT2D eigenvalue weighted by Gasteiger charge is -2.16. The Morgan fingerprint density at radius 1 is 1.40 bits per heavy atom. The van der Waals surface area contributed by atoms with Crippen LogP contribution in [0.2, 0.25) is 0 Å². The molecule has 7 N–H and O–H groups in total. The summed E-state index contributed by atoms with van der Waals surface area (Å²) in [7, 11) is 0. The molecule has 1 aromatic carbocycles. The van der Waals surface area contributed by atoms with E-state index in [1.807, 2.05) is 5.43 Å². The summed E-state index contributed by atoms with van der Waals surface area (Å²) >= 11 is 0. The number of phenolic OH excluding ortho intramolecular Hbond substituents is 1. The molecule has 0 aromatic heterocycles. The summed E-state index contributed by atoms with van der Waals surface area (Å²) in [6.45, 7) is 0. The summed E-state index contributed by atoms with van der Waals surface area (Å²) in [4.78, 5) is 11.1. The first-order valence-electron chi connectivity index (χ1n) is 4.42. The number of carbonyl (C=O) groups is 1. The minimum absolute atomic E-state index is 0.0601. The quantitative estimate of drug-likeness (QED) is 0.255. The minimum atomic E-state index is -0.463. The molecule has 0 radical (unpaired) electrons. The highest BCUT2D eigenvalue weighted by atomic mass is 16.3. The number of hydrazine groups is 2. The van der Waals surface area contributed by atoms with Crippen LogP contribution >= 0.6 is 0 Å². The second-order valence-corrected chi connectivity index (χ2v) is 3.05. The van der Waals surface area contributed by atoms with E-state index in [9.17, 15) is 9.90 Å². The van der Waals surface area contributed by atoms with Crippen LogP contribution in [0.25, 0.3) is 0 Å². The molecular formula is C9H14N4O2. The standard InChI is InChI=1S/C9H14N4O2/c10-12-7(5-9(15)13-11)6-3-1-2-4-8(6)14/h1-4,7,12,14H,5,10-11H2,(H,13,15)/t7-/m1/s1. The van der Waals surface area contributed by atoms with Crippen LogP contribution in [0.5, 0.6) is 5.75 Å². The SMILES string of the molecule is NNC(=O)C[C@@H](NN)c1ccccc1O. The van der Waals surface area contributed by atoms with Crippen molar-refractivity contribution in [2.45, 2.75) is 12.5 Å². The van der Waals surface area contributed by atoms with E-state index in [4.69, 9.17) is 11.7 Å². The fourth-order valence-electron chi connectivity index (χ4n) is 1.29. The van der Waals surface area contributed by atoms with Crippen LogP contribution in [-0.2, 0) is 4.79 Å². The number of phenols is 1. The van der Waals surface area contributed by atoms with Gasteiger partial charge in [0, 0.05) is 12.0 Å². The Bertz CT molecular complexity index is 343. The molecule has 15 heavy (non-hydrogen) atoms. The first-order chi connectivity index (χ1) is 7.19. The van der Waals surface area contributed by atoms with Crippen molar-refractivity contribution in [3.8, 4) is 5.75 Å². The van der Waals surface area contributed by atoms with E-state index >= 15 is 0 Å². The van der Waals surface area contributed by atoms with Crippen molar-refractivity contribution in [3.63, 3.8) is 0 Å². The summed E-state index contributed by atoms with van der Waals surface area (Å²) < 4.78 is 0. The molecule has 82 valence electrons. The van der Waals surface area contributed by atoms with Crippen LogP contribution in [0.15, 0.2) is 24.3 Å². The van der Waals surface area contributed by atoms with E-state index in [1.54, 1.807) is 18.2 Å². The average molecular weight is 210 g/mol. The molecule has 1 atom stereocenters. The van der Waals surface area contributed by atoms with Crippen LogP contribution in [0.4, 0.5) is 0 Å². The van der Waals surface area contributed by atoms with Gasteiger partial charge < -0.3 is 5.11 Å². The second-order valence-electron chi connectivity index (χ2n) is 3.05. The minimum Gasteiger partial charge on any atom is -0.508 e. The first-order valence-corrected chi connectivity index (χ1v) is 4.42. The number of amides is 1. The lowest BCUT2D eigenvalue weighted by Crippen LogP contribution is -2.36. The van der Waals surface area contributed by atoms with E-state index in [-0.39, 0.29) is 18.1 Å². The molecule has 1 amide bonds. The van der Waals surface area contributed by atoms with Crippen molar-refractivity contribution in [3.05, 3.63) is 29.8 Å². The van der Waals surface area contributed by atoms with Gasteiger partial charge in [-0.15, -0.1) is 0 Å². The number of benzene rings is 1. The molecule has 0 aliphatic rings. The van der Waals surface area contributed by atoms with Crippen LogP contribution < -0.4 is 22.5 Å². The monoisotopic (exact) mass is 210 g/mol. The highest BCUT2D eigenvalue weighted by molar-refractivity contribution is 5.76. The first kappa shape index (κ1) is 11.4. The zero-order valence-electron chi connectivity index (χ0n) is 8.10. The van der Waals surface area contributed by atoms with E-state index in [0.717, 1.165) is 0 Å². The molecule has 0 bridgehead atoms. The highest BCUT2D eigenvalue weighted by Crippen LogP contribution is 2.24. The molecule has 0 aliphatic carbocycles. The number of aromatic hydroxyl groups is 1. The maximum atomic E-state index is 11.1. The lowest BCUT2D eigenvalue weighted by molar-refractivity contribution is -0.121. The van der Waals surface area contributed by atoms with Crippen molar-refractivity contribution in [1.82, 2.24) is 10.9 Å². The van der Waals surface area contributed by atoms with Crippen molar-refractivity contribution < 1.29 is 9.90 Å². The van der Waals surface area contributed by atoms with Crippen LogP contribution in [0.3, 0.4) is 0 Å². The summed E-state index contributed by atoms with van der Waals surface area (Å²) in [5, 5.41) is 9.54. The molecule has 0 saturated carbocycles. The van der Waals surface area contributed by atoms with Crippen molar-refractivity contribution in [1.29, 1.82) is 0 Å². The molecule has 1 aromatic rings. The van der Waals surface area contributed by atoms with Gasteiger partial charge >= 0.3 is 0 Å². The number of nitrogens with two attached hydrogens (primary N) is 2. The third-order valence-electron chi connectivity index (χ3n) is 2.06. The van der Waals surface area contributed by atoms with Gasteiger partial charge in [-0.1, -0.05) is 18.2 Å². The predicted octanol–water partition coefficient (Wildman–Crippen LogP) is -0.723. The van der Waals surface area contributed by atoms with Gasteiger partial charge in [0.1, 0.15) is 5.75 Å². The number of para-hydroxylation sites is 1. The molecule has 6 heteroatoms. The number of rotatable bonds is 4. The average Bonchev–Trinajstić information content (AvgIpc) is 2.26. The van der Waals surface area contributed by atoms with E-state index < -0.39 is 6.04 Å². The summed E-state index contributed by atoms with van der Waals surface area (Å²) in [5.74, 6) is 9.98. The molecule has 0 unspecified atom stereocenters. The molecule has 0 aliphatic heterocycles. The van der Waals surface area contributed by atoms with Gasteiger partial charge in [-0.2, -0.15) is 0 Å². The predicted molar refractivity (Wildman–Crippen MR) is 55.1 cm³/mol. The van der Waals surface area contributed by atoms with Gasteiger partial charge in [0.05, 0.1) is 6.04 Å². The Balaban J connectivity index is 2.83. The maximum Gasteiger partial charge on any atom is 0.235 e. The van der Waals surface area contributed by atoms with Crippen LogP contribution in [-0.4, -0.2) is 11.0 Å². The summed E-state index contributed by atoms with van der Waals surface area (Å²) in [6.07, 6.45) is 0.0601.